The minimum absolute atomic E-state index is 0.192. The second kappa shape index (κ2) is 10.4. The Morgan fingerprint density at radius 3 is 2.59 bits per heavy atom. The largest absolute Gasteiger partial charge is 0.462 e. The lowest BCUT2D eigenvalue weighted by molar-refractivity contribution is -0.119. The van der Waals surface area contributed by atoms with Gasteiger partial charge < -0.3 is 14.8 Å². The van der Waals surface area contributed by atoms with Gasteiger partial charge in [0.25, 0.3) is 5.91 Å². The number of hydrogen-bond acceptors (Lipinski definition) is 10. The van der Waals surface area contributed by atoms with Crippen LogP contribution in [0.2, 0.25) is 0 Å². The van der Waals surface area contributed by atoms with Crippen LogP contribution < -0.4 is 5.32 Å². The van der Waals surface area contributed by atoms with E-state index in [9.17, 15) is 14.4 Å². The minimum atomic E-state index is -0.686. The van der Waals surface area contributed by atoms with Crippen molar-refractivity contribution in [1.29, 1.82) is 0 Å². The first-order valence-electron chi connectivity index (χ1n) is 10.1. The zero-order valence-electron chi connectivity index (χ0n) is 18.2. The van der Waals surface area contributed by atoms with Gasteiger partial charge in [-0.15, -0.1) is 27.8 Å². The number of nitrogens with zero attached hydrogens (tertiary/aromatic N) is 4. The second-order valence-corrected chi connectivity index (χ2v) is 8.98. The predicted octanol–water partition coefficient (Wildman–Crippen LogP) is 3.73. The lowest BCUT2D eigenvalue weighted by Crippen LogP contribution is -2.22. The summed E-state index contributed by atoms with van der Waals surface area (Å²) in [6.45, 7) is 3.23. The molecule has 0 atom stereocenters. The number of carbonyl (C=O) groups is 3. The lowest BCUT2D eigenvalue weighted by atomic mass is 10.0. The normalized spacial score (nSPS) is 10.6. The number of aryl methyl sites for hydroxylation is 1. The molecule has 1 N–H and O–H groups in total. The molecular weight excluding hydrogens is 478 g/mol. The summed E-state index contributed by atoms with van der Waals surface area (Å²) >= 11 is 2.40. The van der Waals surface area contributed by atoms with Gasteiger partial charge in [0.05, 0.1) is 12.3 Å². The van der Waals surface area contributed by atoms with Gasteiger partial charge in [0.1, 0.15) is 21.8 Å². The third kappa shape index (κ3) is 4.87. The van der Waals surface area contributed by atoms with E-state index in [2.05, 4.69) is 20.8 Å². The van der Waals surface area contributed by atoms with Gasteiger partial charge in [0, 0.05) is 10.4 Å². The molecule has 0 bridgehead atoms. The number of carbonyl (C=O) groups excluding carboxylic acids is 3. The van der Waals surface area contributed by atoms with E-state index in [-0.39, 0.29) is 17.0 Å². The van der Waals surface area contributed by atoms with Gasteiger partial charge in [-0.05, 0) is 41.3 Å². The maximum atomic E-state index is 12.8. The molecule has 3 aromatic heterocycles. The molecule has 34 heavy (non-hydrogen) atoms. The Bertz CT molecular complexity index is 1310. The van der Waals surface area contributed by atoms with E-state index < -0.39 is 24.5 Å². The van der Waals surface area contributed by atoms with Crippen molar-refractivity contribution < 1.29 is 23.9 Å². The SMILES string of the molecule is CCOC(=O)c1c(NC(=O)COC(=O)c2sccc2-n2cnnn2)sc(C)c1-c1ccccc1. The molecule has 174 valence electrons. The van der Waals surface area contributed by atoms with Crippen LogP contribution in [-0.2, 0) is 14.3 Å². The number of ether oxygens (including phenoxy) is 2. The van der Waals surface area contributed by atoms with Crippen molar-refractivity contribution in [3.63, 3.8) is 0 Å². The quantitative estimate of drug-likeness (QED) is 0.365. The van der Waals surface area contributed by atoms with Crippen LogP contribution in [0.25, 0.3) is 16.8 Å². The smallest absolute Gasteiger partial charge is 0.351 e. The first-order chi connectivity index (χ1) is 16.5. The summed E-state index contributed by atoms with van der Waals surface area (Å²) in [6.07, 6.45) is 1.35. The minimum Gasteiger partial charge on any atom is -0.462 e. The van der Waals surface area contributed by atoms with E-state index in [1.54, 1.807) is 18.4 Å². The molecule has 0 aliphatic rings. The maximum absolute atomic E-state index is 12.8. The summed E-state index contributed by atoms with van der Waals surface area (Å²) in [5, 5.41) is 15.6. The lowest BCUT2D eigenvalue weighted by Gasteiger charge is -2.09. The summed E-state index contributed by atoms with van der Waals surface area (Å²) < 4.78 is 11.8. The molecule has 10 nitrogen and oxygen atoms in total. The number of nitrogens with one attached hydrogen (secondary N) is 1. The average Bonchev–Trinajstić information content (AvgIpc) is 3.58. The molecule has 0 unspecified atom stereocenters. The monoisotopic (exact) mass is 497 g/mol. The predicted molar refractivity (Wildman–Crippen MR) is 126 cm³/mol. The fourth-order valence-corrected chi connectivity index (χ4v) is 5.10. The van der Waals surface area contributed by atoms with Crippen molar-refractivity contribution >= 4 is 45.5 Å². The number of thiophene rings is 2. The number of aromatic nitrogens is 4. The topological polar surface area (TPSA) is 125 Å². The molecular formula is C22H19N5O5S2. The van der Waals surface area contributed by atoms with E-state index in [0.29, 0.717) is 16.3 Å². The molecule has 0 aliphatic heterocycles. The fourth-order valence-electron chi connectivity index (χ4n) is 3.25. The van der Waals surface area contributed by atoms with Crippen LogP contribution in [0.5, 0.6) is 0 Å². The van der Waals surface area contributed by atoms with Crippen molar-refractivity contribution in [1.82, 2.24) is 20.2 Å². The van der Waals surface area contributed by atoms with Crippen molar-refractivity contribution in [2.45, 2.75) is 13.8 Å². The van der Waals surface area contributed by atoms with Crippen molar-refractivity contribution in [3.8, 4) is 16.8 Å². The van der Waals surface area contributed by atoms with Crippen LogP contribution in [0.4, 0.5) is 5.00 Å². The van der Waals surface area contributed by atoms with Gasteiger partial charge in [0.2, 0.25) is 0 Å². The summed E-state index contributed by atoms with van der Waals surface area (Å²) in [7, 11) is 0. The first-order valence-corrected chi connectivity index (χ1v) is 11.8. The van der Waals surface area contributed by atoms with Crippen LogP contribution in [-0.4, -0.2) is 51.3 Å². The fraction of sp³-hybridized carbons (Fsp3) is 0.182. The molecule has 0 radical (unpaired) electrons. The highest BCUT2D eigenvalue weighted by Crippen LogP contribution is 2.40. The van der Waals surface area contributed by atoms with Gasteiger partial charge in [-0.25, -0.2) is 9.59 Å². The van der Waals surface area contributed by atoms with Gasteiger partial charge in [-0.3, -0.25) is 4.79 Å². The molecule has 0 fully saturated rings. The molecule has 0 saturated heterocycles. The molecule has 3 heterocycles. The zero-order valence-corrected chi connectivity index (χ0v) is 19.8. The Morgan fingerprint density at radius 2 is 1.88 bits per heavy atom. The summed E-state index contributed by atoms with van der Waals surface area (Å²) in [5.74, 6) is -1.81. The van der Waals surface area contributed by atoms with Gasteiger partial charge in [-0.1, -0.05) is 30.3 Å². The summed E-state index contributed by atoms with van der Waals surface area (Å²) in [6, 6.07) is 11.1. The number of esters is 2. The zero-order chi connectivity index (χ0) is 24.1. The van der Waals surface area contributed by atoms with Crippen LogP contribution in [0.3, 0.4) is 0 Å². The molecule has 4 aromatic rings. The van der Waals surface area contributed by atoms with Crippen LogP contribution in [0.1, 0.15) is 31.8 Å². The third-order valence-corrected chi connectivity index (χ3v) is 6.54. The molecule has 0 saturated carbocycles. The van der Waals surface area contributed by atoms with Gasteiger partial charge in [-0.2, -0.15) is 4.68 Å². The van der Waals surface area contributed by atoms with Crippen LogP contribution in [0.15, 0.2) is 48.1 Å². The van der Waals surface area contributed by atoms with Gasteiger partial charge in [0.15, 0.2) is 6.61 Å². The number of tetrazole rings is 1. The molecule has 1 amide bonds. The van der Waals surface area contributed by atoms with E-state index in [1.165, 1.54) is 22.3 Å². The Hall–Kier alpha value is -3.90. The Morgan fingerprint density at radius 1 is 1.09 bits per heavy atom. The number of anilines is 1. The Kier molecular flexibility index (Phi) is 7.09. The molecule has 4 rings (SSSR count). The molecule has 12 heteroatoms. The highest BCUT2D eigenvalue weighted by Gasteiger charge is 2.26. The van der Waals surface area contributed by atoms with E-state index in [1.807, 2.05) is 37.3 Å². The maximum Gasteiger partial charge on any atom is 0.351 e. The highest BCUT2D eigenvalue weighted by atomic mass is 32.1. The average molecular weight is 498 g/mol. The third-order valence-electron chi connectivity index (χ3n) is 4.64. The van der Waals surface area contributed by atoms with Crippen molar-refractivity contribution in [2.75, 3.05) is 18.5 Å². The van der Waals surface area contributed by atoms with E-state index in [0.717, 1.165) is 21.8 Å². The summed E-state index contributed by atoms with van der Waals surface area (Å²) in [4.78, 5) is 39.0. The highest BCUT2D eigenvalue weighted by molar-refractivity contribution is 7.17. The molecule has 0 spiro atoms. The molecule has 1 aromatic carbocycles. The Balaban J connectivity index is 1.51. The van der Waals surface area contributed by atoms with Gasteiger partial charge >= 0.3 is 11.9 Å². The standard InChI is InChI=1S/C22H19N5O5S2/c1-3-31-21(29)18-17(14-7-5-4-6-8-14)13(2)34-20(18)24-16(28)11-32-22(30)19-15(9-10-33-19)27-12-23-25-26-27/h4-10,12H,3,11H2,1-2H3,(H,24,28). The van der Waals surface area contributed by atoms with Crippen LogP contribution >= 0.6 is 22.7 Å². The molecule has 0 aliphatic carbocycles. The van der Waals surface area contributed by atoms with E-state index >= 15 is 0 Å². The van der Waals surface area contributed by atoms with Crippen LogP contribution in [0, 0.1) is 6.92 Å². The second-order valence-electron chi connectivity index (χ2n) is 6.84. The Labute approximate surface area is 202 Å². The van der Waals surface area contributed by atoms with Crippen molar-refractivity contribution in [3.05, 3.63) is 63.4 Å². The number of hydrogen-bond donors (Lipinski definition) is 1. The number of benzene rings is 1. The van der Waals surface area contributed by atoms with Crippen molar-refractivity contribution in [2.24, 2.45) is 0 Å². The van der Waals surface area contributed by atoms with E-state index in [4.69, 9.17) is 9.47 Å². The number of rotatable bonds is 8. The number of amides is 1. The summed E-state index contributed by atoms with van der Waals surface area (Å²) in [5.41, 5.74) is 2.25. The first kappa shape index (κ1) is 23.3.